The zero-order chi connectivity index (χ0) is 40.5. The van der Waals surface area contributed by atoms with Crippen molar-refractivity contribution in [1.29, 1.82) is 10.5 Å². The average Bonchev–Trinajstić information content (AvgIpc) is 3.64. The number of methoxy groups -OCH3 is 1. The number of likely N-dealkylation sites (tertiary alicyclic amines) is 1. The number of hydrogen-bond acceptors (Lipinski definition) is 12. The van der Waals surface area contributed by atoms with E-state index >= 15 is 0 Å². The molecule has 0 radical (unpaired) electrons. The molecule has 3 saturated heterocycles. The molecular weight excluding hydrogens is 749 g/mol. The quantitative estimate of drug-likeness (QED) is 0.108. The lowest BCUT2D eigenvalue weighted by Gasteiger charge is -2.43. The zero-order valence-electron chi connectivity index (χ0n) is 30.1. The van der Waals surface area contributed by atoms with Crippen LogP contribution < -0.4 is 4.74 Å². The van der Waals surface area contributed by atoms with E-state index in [9.17, 15) is 42.9 Å². The molecule has 0 unspecified atom stereocenters. The molecule has 3 heterocycles. The highest BCUT2D eigenvalue weighted by Gasteiger charge is 2.77. The Hall–Kier alpha value is -6.75. The number of amides is 2. The number of nitriles is 2. The highest BCUT2D eigenvalue weighted by atomic mass is 19.4. The zero-order valence-corrected chi connectivity index (χ0v) is 30.1. The maximum atomic E-state index is 14.6. The Morgan fingerprint density at radius 1 is 0.825 bits per heavy atom. The van der Waals surface area contributed by atoms with Crippen LogP contribution in [0.4, 0.5) is 18.0 Å². The van der Waals surface area contributed by atoms with Crippen molar-refractivity contribution < 1.29 is 56.0 Å². The van der Waals surface area contributed by atoms with Gasteiger partial charge in [0.05, 0.1) is 54.7 Å². The number of ether oxygens (including phenoxy) is 5. The average molecular weight is 781 g/mol. The third-order valence-corrected chi connectivity index (χ3v) is 10.1. The summed E-state index contributed by atoms with van der Waals surface area (Å²) in [5, 5.41) is 19.1. The number of hydrogen-bond donors (Lipinski definition) is 0. The van der Waals surface area contributed by atoms with E-state index < -0.39 is 47.2 Å². The second kappa shape index (κ2) is 15.1. The van der Waals surface area contributed by atoms with Gasteiger partial charge in [0.2, 0.25) is 5.60 Å². The molecule has 13 nitrogen and oxygen atoms in total. The Bertz CT molecular complexity index is 2360. The molecule has 0 bridgehead atoms. The summed E-state index contributed by atoms with van der Waals surface area (Å²) in [5.74, 6) is -6.17. The van der Waals surface area contributed by atoms with Crippen molar-refractivity contribution in [2.45, 2.75) is 37.1 Å². The first kappa shape index (κ1) is 38.5. The topological polar surface area (TPSA) is 168 Å². The van der Waals surface area contributed by atoms with E-state index in [1.807, 2.05) is 17.0 Å². The molecule has 3 aliphatic rings. The fourth-order valence-corrected chi connectivity index (χ4v) is 7.44. The summed E-state index contributed by atoms with van der Waals surface area (Å²) in [6.45, 7) is 0.682. The van der Waals surface area contributed by atoms with E-state index in [1.54, 1.807) is 18.2 Å². The van der Waals surface area contributed by atoms with Crippen LogP contribution in [-0.4, -0.2) is 78.6 Å². The molecule has 57 heavy (non-hydrogen) atoms. The van der Waals surface area contributed by atoms with Gasteiger partial charge in [0.1, 0.15) is 5.75 Å². The highest BCUT2D eigenvalue weighted by Crippen LogP contribution is 2.51. The van der Waals surface area contributed by atoms with Gasteiger partial charge in [-0.25, -0.2) is 14.4 Å². The number of esters is 2. The van der Waals surface area contributed by atoms with E-state index in [0.717, 1.165) is 6.07 Å². The number of benzene rings is 4. The number of piperidine rings is 1. The monoisotopic (exact) mass is 780 g/mol. The number of fused-ring (bicyclic) bond motifs is 1. The number of halogens is 3. The summed E-state index contributed by atoms with van der Waals surface area (Å²) in [7, 11) is 1.33. The maximum absolute atomic E-state index is 14.6. The van der Waals surface area contributed by atoms with Crippen LogP contribution in [0.25, 0.3) is 22.3 Å². The van der Waals surface area contributed by atoms with Gasteiger partial charge in [0.15, 0.2) is 0 Å². The van der Waals surface area contributed by atoms with Gasteiger partial charge in [-0.2, -0.15) is 28.6 Å². The molecular formula is C41H31F3N4O9. The molecule has 0 atom stereocenters. The third-order valence-electron chi connectivity index (χ3n) is 10.1. The summed E-state index contributed by atoms with van der Waals surface area (Å²) in [5.41, 5.74) is -1.39. The molecule has 3 fully saturated rings. The van der Waals surface area contributed by atoms with Crippen molar-refractivity contribution >= 4 is 23.9 Å². The largest absolute Gasteiger partial charge is 0.496 e. The Balaban J connectivity index is 1.11. The SMILES string of the molecule is COc1ccccc1C(=O)N1C(=O)OC2(CCN(CCOCc3ccc(C(F)(F)F)c(-c4cccc(C#N)c4)c3-c3cccc(C#N)c3)CC2)C12OC(=O)C(=O)O2. The van der Waals surface area contributed by atoms with E-state index in [4.69, 9.17) is 23.7 Å². The van der Waals surface area contributed by atoms with Crippen molar-refractivity contribution in [2.75, 3.05) is 33.4 Å². The van der Waals surface area contributed by atoms with Gasteiger partial charge in [-0.15, -0.1) is 0 Å². The fourth-order valence-electron chi connectivity index (χ4n) is 7.44. The first-order valence-electron chi connectivity index (χ1n) is 17.6. The summed E-state index contributed by atoms with van der Waals surface area (Å²) in [6, 6.07) is 24.4. The predicted molar refractivity (Wildman–Crippen MR) is 190 cm³/mol. The second-order valence-electron chi connectivity index (χ2n) is 13.4. The predicted octanol–water partition coefficient (Wildman–Crippen LogP) is 6.19. The van der Waals surface area contributed by atoms with E-state index in [1.165, 1.54) is 67.8 Å². The molecule has 2 spiro atoms. The van der Waals surface area contributed by atoms with Crippen molar-refractivity contribution in [3.05, 3.63) is 113 Å². The van der Waals surface area contributed by atoms with E-state index in [-0.39, 0.29) is 78.3 Å². The van der Waals surface area contributed by atoms with Gasteiger partial charge in [-0.05, 0) is 64.7 Å². The molecule has 3 aliphatic heterocycles. The molecule has 4 aromatic carbocycles. The number of nitrogens with zero attached hydrogens (tertiary/aromatic N) is 4. The Morgan fingerprint density at radius 3 is 2.04 bits per heavy atom. The first-order valence-corrected chi connectivity index (χ1v) is 17.6. The number of carbonyl (C=O) groups excluding carboxylic acids is 4. The highest BCUT2D eigenvalue weighted by molar-refractivity contribution is 6.31. The summed E-state index contributed by atoms with van der Waals surface area (Å²) >= 11 is 0. The molecule has 0 saturated carbocycles. The molecule has 7 rings (SSSR count). The van der Waals surface area contributed by atoms with E-state index in [2.05, 4.69) is 0 Å². The number of imide groups is 1. The molecule has 0 N–H and O–H groups in total. The molecule has 16 heteroatoms. The van der Waals surface area contributed by atoms with Crippen molar-refractivity contribution in [1.82, 2.24) is 9.80 Å². The van der Waals surface area contributed by atoms with Crippen LogP contribution in [0, 0.1) is 22.7 Å². The van der Waals surface area contributed by atoms with Gasteiger partial charge < -0.3 is 28.6 Å². The third kappa shape index (κ3) is 6.90. The van der Waals surface area contributed by atoms with Crippen molar-refractivity contribution in [3.8, 4) is 40.1 Å². The van der Waals surface area contributed by atoms with Gasteiger partial charge >= 0.3 is 30.1 Å². The number of rotatable bonds is 9. The van der Waals surface area contributed by atoms with Crippen LogP contribution in [-0.2, 0) is 41.3 Å². The Morgan fingerprint density at radius 2 is 1.44 bits per heavy atom. The smallest absolute Gasteiger partial charge is 0.424 e. The normalized spacial score (nSPS) is 17.2. The number of alkyl halides is 3. The lowest BCUT2D eigenvalue weighted by Crippen LogP contribution is -2.64. The van der Waals surface area contributed by atoms with Crippen LogP contribution in [0.3, 0.4) is 0 Å². The lowest BCUT2D eigenvalue weighted by molar-refractivity contribution is -0.277. The summed E-state index contributed by atoms with van der Waals surface area (Å²) in [4.78, 5) is 54.5. The van der Waals surface area contributed by atoms with Crippen LogP contribution in [0.5, 0.6) is 5.75 Å². The molecule has 4 aromatic rings. The number of para-hydroxylation sites is 1. The maximum Gasteiger partial charge on any atom is 0.424 e. The summed E-state index contributed by atoms with van der Waals surface area (Å²) < 4.78 is 71.6. The number of carbonyl (C=O) groups is 4. The standard InChI is InChI=1S/C41H31F3N4O9/c1-53-32-11-3-2-10-30(32)35(49)48-38(52)57-39(41(48)55-36(50)37(51)56-41)14-16-47(17-15-39)18-19-54-24-29-12-13-31(40(42,43)44)34(28-9-5-7-26(21-28)23-46)33(29)27-8-4-6-25(20-27)22-45/h2-13,20-21H,14-19,24H2,1H3. The van der Waals surface area contributed by atoms with Crippen LogP contribution >= 0.6 is 0 Å². The first-order chi connectivity index (χ1) is 27.3. The second-order valence-corrected chi connectivity index (χ2v) is 13.4. The van der Waals surface area contributed by atoms with Gasteiger partial charge in [0, 0.05) is 38.0 Å². The van der Waals surface area contributed by atoms with Crippen LogP contribution in [0.15, 0.2) is 84.9 Å². The van der Waals surface area contributed by atoms with E-state index in [0.29, 0.717) is 22.6 Å². The van der Waals surface area contributed by atoms with Crippen molar-refractivity contribution in [2.24, 2.45) is 0 Å². The lowest BCUT2D eigenvalue weighted by atomic mass is 9.86. The minimum Gasteiger partial charge on any atom is -0.496 e. The molecule has 290 valence electrons. The minimum atomic E-state index is -4.76. The fraction of sp³-hybridized carbons (Fsp3) is 0.268. The molecule has 0 aromatic heterocycles. The van der Waals surface area contributed by atoms with Crippen LogP contribution in [0.2, 0.25) is 0 Å². The molecule has 2 amide bonds. The minimum absolute atomic E-state index is 0.0294. The van der Waals surface area contributed by atoms with Crippen LogP contribution in [0.1, 0.15) is 45.5 Å². The Labute approximate surface area is 323 Å². The molecule has 0 aliphatic carbocycles. The van der Waals surface area contributed by atoms with Gasteiger partial charge in [0.25, 0.3) is 5.91 Å². The van der Waals surface area contributed by atoms with Crippen molar-refractivity contribution in [3.63, 3.8) is 0 Å². The van der Waals surface area contributed by atoms with Gasteiger partial charge in [-0.1, -0.05) is 42.5 Å². The van der Waals surface area contributed by atoms with Gasteiger partial charge in [-0.3, -0.25) is 4.79 Å². The Kier molecular flexibility index (Phi) is 10.2. The summed E-state index contributed by atoms with van der Waals surface area (Å²) in [6.07, 6.45) is -6.00.